The average Bonchev–Trinajstić information content (AvgIpc) is 2.41. The van der Waals surface area contributed by atoms with Gasteiger partial charge in [-0.3, -0.25) is 5.43 Å². The normalized spacial score (nSPS) is 17.4. The first-order valence-corrected chi connectivity index (χ1v) is 6.78. The molecule has 0 aromatic heterocycles. The van der Waals surface area contributed by atoms with Gasteiger partial charge >= 0.3 is 0 Å². The van der Waals surface area contributed by atoms with Gasteiger partial charge in [0.15, 0.2) is 0 Å². The number of hydrazone groups is 1. The van der Waals surface area contributed by atoms with Crippen molar-refractivity contribution in [3.05, 3.63) is 30.3 Å². The molecule has 1 aliphatic carbocycles. The van der Waals surface area contributed by atoms with Crippen molar-refractivity contribution in [2.75, 3.05) is 5.43 Å². The van der Waals surface area contributed by atoms with Crippen LogP contribution in [0.15, 0.2) is 35.4 Å². The van der Waals surface area contributed by atoms with Crippen molar-refractivity contribution in [1.82, 2.24) is 0 Å². The van der Waals surface area contributed by atoms with Gasteiger partial charge in [-0.05, 0) is 30.9 Å². The van der Waals surface area contributed by atoms with Gasteiger partial charge in [-0.15, -0.1) is 0 Å². The number of anilines is 1. The van der Waals surface area contributed by atoms with Gasteiger partial charge in [-0.1, -0.05) is 50.3 Å². The second kappa shape index (κ2) is 7.10. The van der Waals surface area contributed by atoms with E-state index in [-0.39, 0.29) is 0 Å². The first-order chi connectivity index (χ1) is 8.45. The Hall–Kier alpha value is -1.31. The summed E-state index contributed by atoms with van der Waals surface area (Å²) in [5.74, 6) is 0.951. The van der Waals surface area contributed by atoms with Crippen LogP contribution in [0.5, 0.6) is 0 Å². The summed E-state index contributed by atoms with van der Waals surface area (Å²) in [4.78, 5) is 0. The van der Waals surface area contributed by atoms with Crippen LogP contribution in [0.3, 0.4) is 0 Å². The van der Waals surface area contributed by atoms with E-state index in [1.54, 1.807) is 0 Å². The SMILES string of the molecule is C(CCC1CCCCC1)=NNc1ccccc1. The van der Waals surface area contributed by atoms with Gasteiger partial charge in [-0.2, -0.15) is 5.10 Å². The van der Waals surface area contributed by atoms with Crippen molar-refractivity contribution in [3.8, 4) is 0 Å². The van der Waals surface area contributed by atoms with Crippen LogP contribution in [0.2, 0.25) is 0 Å². The van der Waals surface area contributed by atoms with Crippen molar-refractivity contribution in [1.29, 1.82) is 0 Å². The fraction of sp³-hybridized carbons (Fsp3) is 0.533. The molecule has 0 amide bonds. The van der Waals surface area contributed by atoms with E-state index in [0.717, 1.165) is 18.0 Å². The Morgan fingerprint density at radius 1 is 1.12 bits per heavy atom. The van der Waals surface area contributed by atoms with Crippen LogP contribution in [0.1, 0.15) is 44.9 Å². The Kier molecular flexibility index (Phi) is 5.08. The maximum absolute atomic E-state index is 4.25. The van der Waals surface area contributed by atoms with Crippen LogP contribution in [-0.2, 0) is 0 Å². The van der Waals surface area contributed by atoms with Gasteiger partial charge in [0.2, 0.25) is 0 Å². The number of nitrogens with one attached hydrogen (secondary N) is 1. The molecule has 2 nitrogen and oxygen atoms in total. The average molecular weight is 230 g/mol. The van der Waals surface area contributed by atoms with Gasteiger partial charge in [0, 0.05) is 6.21 Å². The van der Waals surface area contributed by atoms with E-state index in [4.69, 9.17) is 0 Å². The Morgan fingerprint density at radius 3 is 2.65 bits per heavy atom. The summed E-state index contributed by atoms with van der Waals surface area (Å²) < 4.78 is 0. The number of para-hydroxylation sites is 1. The van der Waals surface area contributed by atoms with E-state index in [0.29, 0.717) is 0 Å². The Bertz CT molecular complexity index is 326. The lowest BCUT2D eigenvalue weighted by Gasteiger charge is -2.20. The molecule has 0 bridgehead atoms. The molecule has 0 unspecified atom stereocenters. The zero-order valence-corrected chi connectivity index (χ0v) is 10.4. The summed E-state index contributed by atoms with van der Waals surface area (Å²) in [6.45, 7) is 0. The second-order valence-electron chi connectivity index (χ2n) is 4.87. The van der Waals surface area contributed by atoms with Gasteiger partial charge in [0.05, 0.1) is 5.69 Å². The molecule has 0 spiro atoms. The van der Waals surface area contributed by atoms with Crippen molar-refractivity contribution in [2.45, 2.75) is 44.9 Å². The largest absolute Gasteiger partial charge is 0.279 e. The summed E-state index contributed by atoms with van der Waals surface area (Å²) in [6, 6.07) is 10.1. The predicted octanol–water partition coefficient (Wildman–Crippen LogP) is 4.44. The van der Waals surface area contributed by atoms with E-state index in [1.807, 2.05) is 36.5 Å². The first kappa shape index (κ1) is 12.2. The lowest BCUT2D eigenvalue weighted by molar-refractivity contribution is 0.344. The molecule has 2 rings (SSSR count). The van der Waals surface area contributed by atoms with E-state index in [1.165, 1.54) is 38.5 Å². The zero-order chi connectivity index (χ0) is 11.8. The Balaban J connectivity index is 1.61. The van der Waals surface area contributed by atoms with E-state index < -0.39 is 0 Å². The highest BCUT2D eigenvalue weighted by Crippen LogP contribution is 2.26. The molecule has 1 aromatic carbocycles. The Labute approximate surface area is 104 Å². The summed E-state index contributed by atoms with van der Waals surface area (Å²) >= 11 is 0. The zero-order valence-electron chi connectivity index (χ0n) is 10.4. The monoisotopic (exact) mass is 230 g/mol. The molecule has 0 radical (unpaired) electrons. The highest BCUT2D eigenvalue weighted by molar-refractivity contribution is 5.59. The quantitative estimate of drug-likeness (QED) is 0.586. The van der Waals surface area contributed by atoms with Crippen molar-refractivity contribution in [2.24, 2.45) is 11.0 Å². The molecule has 1 saturated carbocycles. The minimum absolute atomic E-state index is 0.951. The lowest BCUT2D eigenvalue weighted by atomic mass is 9.86. The third-order valence-electron chi connectivity index (χ3n) is 3.49. The number of rotatable bonds is 5. The third kappa shape index (κ3) is 4.59. The van der Waals surface area contributed by atoms with Gasteiger partial charge < -0.3 is 0 Å². The van der Waals surface area contributed by atoms with Crippen LogP contribution < -0.4 is 5.43 Å². The fourth-order valence-corrected chi connectivity index (χ4v) is 2.48. The number of benzene rings is 1. The summed E-state index contributed by atoms with van der Waals surface area (Å²) in [6.07, 6.45) is 11.6. The van der Waals surface area contributed by atoms with E-state index in [2.05, 4.69) is 10.5 Å². The molecule has 0 saturated heterocycles. The topological polar surface area (TPSA) is 24.4 Å². The number of nitrogens with zero attached hydrogens (tertiary/aromatic N) is 1. The highest BCUT2D eigenvalue weighted by Gasteiger charge is 2.11. The molecule has 2 heteroatoms. The smallest absolute Gasteiger partial charge is 0.0561 e. The minimum Gasteiger partial charge on any atom is -0.279 e. The predicted molar refractivity (Wildman–Crippen MR) is 74.4 cm³/mol. The molecule has 1 aliphatic rings. The molecule has 1 aromatic rings. The molecule has 1 N–H and O–H groups in total. The summed E-state index contributed by atoms with van der Waals surface area (Å²) in [5.41, 5.74) is 4.11. The third-order valence-corrected chi connectivity index (χ3v) is 3.49. The van der Waals surface area contributed by atoms with Crippen LogP contribution in [0.4, 0.5) is 5.69 Å². The van der Waals surface area contributed by atoms with Crippen LogP contribution in [0, 0.1) is 5.92 Å². The van der Waals surface area contributed by atoms with Crippen LogP contribution >= 0.6 is 0 Å². The lowest BCUT2D eigenvalue weighted by Crippen LogP contribution is -2.06. The van der Waals surface area contributed by atoms with Crippen molar-refractivity contribution in [3.63, 3.8) is 0 Å². The summed E-state index contributed by atoms with van der Waals surface area (Å²) in [5, 5.41) is 4.25. The van der Waals surface area contributed by atoms with E-state index in [9.17, 15) is 0 Å². The van der Waals surface area contributed by atoms with Crippen LogP contribution in [0.25, 0.3) is 0 Å². The fourth-order valence-electron chi connectivity index (χ4n) is 2.48. The number of hydrogen-bond donors (Lipinski definition) is 1. The van der Waals surface area contributed by atoms with Gasteiger partial charge in [0.25, 0.3) is 0 Å². The molecule has 1 fully saturated rings. The molecular weight excluding hydrogens is 208 g/mol. The summed E-state index contributed by atoms with van der Waals surface area (Å²) in [7, 11) is 0. The number of hydrogen-bond acceptors (Lipinski definition) is 2. The van der Waals surface area contributed by atoms with Crippen molar-refractivity contribution < 1.29 is 0 Å². The minimum atomic E-state index is 0.951. The van der Waals surface area contributed by atoms with E-state index >= 15 is 0 Å². The first-order valence-electron chi connectivity index (χ1n) is 6.78. The maximum Gasteiger partial charge on any atom is 0.0561 e. The second-order valence-corrected chi connectivity index (χ2v) is 4.87. The molecule has 0 aliphatic heterocycles. The van der Waals surface area contributed by atoms with Gasteiger partial charge in [0.1, 0.15) is 0 Å². The molecule has 92 valence electrons. The molecule has 0 atom stereocenters. The van der Waals surface area contributed by atoms with Crippen LogP contribution in [-0.4, -0.2) is 6.21 Å². The molecular formula is C15H22N2. The molecule has 0 heterocycles. The van der Waals surface area contributed by atoms with Crippen molar-refractivity contribution >= 4 is 11.9 Å². The Morgan fingerprint density at radius 2 is 1.88 bits per heavy atom. The maximum atomic E-state index is 4.25. The molecule has 17 heavy (non-hydrogen) atoms. The standard InChI is InChI=1S/C15H22N2/c1-3-8-14(9-4-1)10-7-13-16-17-15-11-5-2-6-12-15/h2,5-6,11-14,17H,1,3-4,7-10H2. The highest BCUT2D eigenvalue weighted by atomic mass is 15.3. The van der Waals surface area contributed by atoms with Gasteiger partial charge in [-0.25, -0.2) is 0 Å².